The Morgan fingerprint density at radius 1 is 1.25 bits per heavy atom. The van der Waals surface area contributed by atoms with Gasteiger partial charge in [0, 0.05) is 26.2 Å². The molecule has 1 amide bonds. The Kier molecular flexibility index (Phi) is 5.02. The molecule has 1 aliphatic carbocycles. The standard InChI is InChI=1S/C15H26N2O3/c1-11(15(19)20)12-8-17(9-12)10-14(18)16(2)13-6-4-3-5-7-13/h11-13H,3-10H2,1-2H3,(H,19,20). The van der Waals surface area contributed by atoms with Gasteiger partial charge in [0.25, 0.3) is 0 Å². The van der Waals surface area contributed by atoms with Crippen LogP contribution in [0.1, 0.15) is 39.0 Å². The average molecular weight is 282 g/mol. The lowest BCUT2D eigenvalue weighted by Crippen LogP contribution is -2.54. The van der Waals surface area contributed by atoms with Gasteiger partial charge >= 0.3 is 5.97 Å². The summed E-state index contributed by atoms with van der Waals surface area (Å²) in [6.45, 7) is 3.66. The quantitative estimate of drug-likeness (QED) is 0.828. The van der Waals surface area contributed by atoms with Crippen LogP contribution in [-0.4, -0.2) is 59.5 Å². The maximum Gasteiger partial charge on any atom is 0.306 e. The van der Waals surface area contributed by atoms with Crippen LogP contribution in [0.25, 0.3) is 0 Å². The molecule has 1 saturated heterocycles. The molecule has 1 atom stereocenters. The highest BCUT2D eigenvalue weighted by molar-refractivity contribution is 5.78. The Morgan fingerprint density at radius 2 is 1.85 bits per heavy atom. The second-order valence-corrected chi connectivity index (χ2v) is 6.38. The molecule has 0 aromatic carbocycles. The smallest absolute Gasteiger partial charge is 0.306 e. The first-order valence-corrected chi connectivity index (χ1v) is 7.70. The highest BCUT2D eigenvalue weighted by Crippen LogP contribution is 2.25. The lowest BCUT2D eigenvalue weighted by atomic mass is 9.87. The molecule has 2 rings (SSSR count). The van der Waals surface area contributed by atoms with E-state index < -0.39 is 5.97 Å². The van der Waals surface area contributed by atoms with Gasteiger partial charge in [0.05, 0.1) is 12.5 Å². The maximum atomic E-state index is 12.2. The summed E-state index contributed by atoms with van der Waals surface area (Å²) >= 11 is 0. The van der Waals surface area contributed by atoms with E-state index in [0.29, 0.717) is 12.6 Å². The fraction of sp³-hybridized carbons (Fsp3) is 0.867. The van der Waals surface area contributed by atoms with Gasteiger partial charge in [-0.25, -0.2) is 0 Å². The molecule has 0 radical (unpaired) electrons. The Bertz CT molecular complexity index is 360. The van der Waals surface area contributed by atoms with Crippen molar-refractivity contribution in [3.8, 4) is 0 Å². The van der Waals surface area contributed by atoms with Crippen LogP contribution in [0.3, 0.4) is 0 Å². The average Bonchev–Trinajstić information content (AvgIpc) is 2.41. The minimum absolute atomic E-state index is 0.179. The summed E-state index contributed by atoms with van der Waals surface area (Å²) in [4.78, 5) is 27.1. The van der Waals surface area contributed by atoms with E-state index in [1.165, 1.54) is 19.3 Å². The van der Waals surface area contributed by atoms with E-state index in [1.807, 2.05) is 11.9 Å². The van der Waals surface area contributed by atoms with Crippen LogP contribution < -0.4 is 0 Å². The van der Waals surface area contributed by atoms with Crippen molar-refractivity contribution in [2.75, 3.05) is 26.7 Å². The number of amides is 1. The number of carboxylic acids is 1. The molecule has 0 aromatic heterocycles. The Hall–Kier alpha value is -1.10. The number of likely N-dealkylation sites (N-methyl/N-ethyl adjacent to an activating group) is 1. The fourth-order valence-electron chi connectivity index (χ4n) is 3.23. The summed E-state index contributed by atoms with van der Waals surface area (Å²) in [6, 6.07) is 0.409. The minimum atomic E-state index is -0.736. The summed E-state index contributed by atoms with van der Waals surface area (Å²) in [5, 5.41) is 8.95. The normalized spacial score (nSPS) is 23.1. The topological polar surface area (TPSA) is 60.9 Å². The summed E-state index contributed by atoms with van der Waals surface area (Å²) in [6.07, 6.45) is 6.00. The largest absolute Gasteiger partial charge is 0.481 e. The number of carboxylic acid groups (broad SMARTS) is 1. The van der Waals surface area contributed by atoms with Crippen LogP contribution in [-0.2, 0) is 9.59 Å². The van der Waals surface area contributed by atoms with Gasteiger partial charge in [-0.15, -0.1) is 0 Å². The number of nitrogens with zero attached hydrogens (tertiary/aromatic N) is 2. The van der Waals surface area contributed by atoms with Gasteiger partial charge in [0.1, 0.15) is 0 Å². The molecular weight excluding hydrogens is 256 g/mol. The molecule has 2 fully saturated rings. The predicted molar refractivity (Wildman–Crippen MR) is 76.4 cm³/mol. The maximum absolute atomic E-state index is 12.2. The molecule has 1 unspecified atom stereocenters. The SMILES string of the molecule is CC(C(=O)O)C1CN(CC(=O)N(C)C2CCCCC2)C1. The van der Waals surface area contributed by atoms with Crippen LogP contribution >= 0.6 is 0 Å². The van der Waals surface area contributed by atoms with Gasteiger partial charge in [-0.2, -0.15) is 0 Å². The lowest BCUT2D eigenvalue weighted by Gasteiger charge is -2.42. The van der Waals surface area contributed by atoms with Crippen molar-refractivity contribution in [3.05, 3.63) is 0 Å². The third-order valence-electron chi connectivity index (χ3n) is 4.96. The zero-order valence-corrected chi connectivity index (χ0v) is 12.5. The van der Waals surface area contributed by atoms with Gasteiger partial charge in [-0.3, -0.25) is 14.5 Å². The third kappa shape index (κ3) is 3.51. The Labute approximate surface area is 120 Å². The zero-order valence-electron chi connectivity index (χ0n) is 12.5. The van der Waals surface area contributed by atoms with Crippen LogP contribution in [0.2, 0.25) is 0 Å². The minimum Gasteiger partial charge on any atom is -0.481 e. The van der Waals surface area contributed by atoms with Gasteiger partial charge in [-0.1, -0.05) is 26.2 Å². The molecular formula is C15H26N2O3. The van der Waals surface area contributed by atoms with E-state index >= 15 is 0 Å². The van der Waals surface area contributed by atoms with Crippen LogP contribution in [0.5, 0.6) is 0 Å². The van der Waals surface area contributed by atoms with E-state index in [4.69, 9.17) is 5.11 Å². The van der Waals surface area contributed by atoms with Gasteiger partial charge in [0.2, 0.25) is 5.91 Å². The number of carbonyl (C=O) groups excluding carboxylic acids is 1. The van der Waals surface area contributed by atoms with E-state index in [-0.39, 0.29) is 17.7 Å². The van der Waals surface area contributed by atoms with Gasteiger partial charge in [0.15, 0.2) is 0 Å². The molecule has 1 heterocycles. The van der Waals surface area contributed by atoms with Crippen molar-refractivity contribution in [1.29, 1.82) is 0 Å². The molecule has 1 N–H and O–H groups in total. The van der Waals surface area contributed by atoms with Gasteiger partial charge in [-0.05, 0) is 18.8 Å². The second kappa shape index (κ2) is 6.57. The molecule has 114 valence electrons. The predicted octanol–water partition coefficient (Wildman–Crippen LogP) is 1.43. The molecule has 20 heavy (non-hydrogen) atoms. The highest BCUT2D eigenvalue weighted by atomic mass is 16.4. The van der Waals surface area contributed by atoms with E-state index in [9.17, 15) is 9.59 Å². The van der Waals surface area contributed by atoms with Crippen molar-refractivity contribution < 1.29 is 14.7 Å². The van der Waals surface area contributed by atoms with Crippen LogP contribution in [0, 0.1) is 11.8 Å². The van der Waals surface area contributed by atoms with Crippen molar-refractivity contribution >= 4 is 11.9 Å². The molecule has 5 heteroatoms. The number of likely N-dealkylation sites (tertiary alicyclic amines) is 1. The molecule has 1 aliphatic heterocycles. The van der Waals surface area contributed by atoms with Crippen molar-refractivity contribution in [3.63, 3.8) is 0 Å². The first-order chi connectivity index (χ1) is 9.49. The molecule has 0 bridgehead atoms. The molecule has 2 aliphatic rings. The van der Waals surface area contributed by atoms with Crippen LogP contribution in [0.15, 0.2) is 0 Å². The molecule has 1 saturated carbocycles. The fourth-order valence-corrected chi connectivity index (χ4v) is 3.23. The summed E-state index contributed by atoms with van der Waals surface area (Å²) in [5.41, 5.74) is 0. The second-order valence-electron chi connectivity index (χ2n) is 6.38. The Morgan fingerprint density at radius 3 is 2.40 bits per heavy atom. The molecule has 5 nitrogen and oxygen atoms in total. The number of hydrogen-bond donors (Lipinski definition) is 1. The zero-order chi connectivity index (χ0) is 14.7. The van der Waals surface area contributed by atoms with Crippen molar-refractivity contribution in [1.82, 2.24) is 9.80 Å². The van der Waals surface area contributed by atoms with E-state index in [1.54, 1.807) is 6.92 Å². The van der Waals surface area contributed by atoms with Gasteiger partial charge < -0.3 is 10.0 Å². The number of rotatable bonds is 5. The number of hydrogen-bond acceptors (Lipinski definition) is 3. The number of carbonyl (C=O) groups is 2. The Balaban J connectivity index is 1.72. The summed E-state index contributed by atoms with van der Waals surface area (Å²) in [7, 11) is 1.91. The molecule has 0 aromatic rings. The van der Waals surface area contributed by atoms with Crippen molar-refractivity contribution in [2.45, 2.75) is 45.1 Å². The number of aliphatic carboxylic acids is 1. The highest BCUT2D eigenvalue weighted by Gasteiger charge is 2.36. The monoisotopic (exact) mass is 282 g/mol. The third-order valence-corrected chi connectivity index (χ3v) is 4.96. The van der Waals surface area contributed by atoms with E-state index in [2.05, 4.69) is 4.90 Å². The van der Waals surface area contributed by atoms with E-state index in [0.717, 1.165) is 25.9 Å². The summed E-state index contributed by atoms with van der Waals surface area (Å²) < 4.78 is 0. The lowest BCUT2D eigenvalue weighted by molar-refractivity contribution is -0.146. The molecule has 0 spiro atoms. The summed E-state index contributed by atoms with van der Waals surface area (Å²) in [5.74, 6) is -0.670. The first kappa shape index (κ1) is 15.3. The first-order valence-electron chi connectivity index (χ1n) is 7.70. The van der Waals surface area contributed by atoms with Crippen LogP contribution in [0.4, 0.5) is 0 Å². The van der Waals surface area contributed by atoms with Crippen molar-refractivity contribution in [2.24, 2.45) is 11.8 Å².